The summed E-state index contributed by atoms with van der Waals surface area (Å²) in [5, 5.41) is 11.4. The van der Waals surface area contributed by atoms with E-state index >= 15 is 0 Å². The van der Waals surface area contributed by atoms with Gasteiger partial charge in [-0.2, -0.15) is 11.8 Å². The van der Waals surface area contributed by atoms with E-state index in [0.29, 0.717) is 12.2 Å². The predicted molar refractivity (Wildman–Crippen MR) is 74.0 cm³/mol. The summed E-state index contributed by atoms with van der Waals surface area (Å²) in [4.78, 5) is 35.3. The van der Waals surface area contributed by atoms with Gasteiger partial charge in [0.15, 0.2) is 0 Å². The van der Waals surface area contributed by atoms with Crippen LogP contribution in [-0.4, -0.2) is 58.6 Å². The molecule has 0 aliphatic rings. The van der Waals surface area contributed by atoms with Crippen molar-refractivity contribution in [3.05, 3.63) is 0 Å². The lowest BCUT2D eigenvalue weighted by molar-refractivity contribution is -0.156. The lowest BCUT2D eigenvalue weighted by Crippen LogP contribution is -2.57. The Morgan fingerprint density at radius 3 is 2.32 bits per heavy atom. The van der Waals surface area contributed by atoms with Gasteiger partial charge in [0.1, 0.15) is 11.6 Å². The minimum Gasteiger partial charge on any atom is -0.480 e. The van der Waals surface area contributed by atoms with Gasteiger partial charge in [0.25, 0.3) is 0 Å². The minimum atomic E-state index is -1.35. The Morgan fingerprint density at radius 2 is 1.95 bits per heavy atom. The number of carboxylic acids is 1. The summed E-state index contributed by atoms with van der Waals surface area (Å²) in [7, 11) is 1.39. The number of nitrogens with one attached hydrogen (secondary N) is 1. The van der Waals surface area contributed by atoms with E-state index in [1.807, 2.05) is 6.26 Å². The van der Waals surface area contributed by atoms with Crippen LogP contribution in [0.2, 0.25) is 0 Å². The average Bonchev–Trinajstić information content (AvgIpc) is 2.31. The summed E-state index contributed by atoms with van der Waals surface area (Å²) in [6.07, 6.45) is 2.26. The SMILES string of the molecule is CSCCC(NC(N)=O)C(=O)N(C)C(C)(C)C(=O)O. The lowest BCUT2D eigenvalue weighted by Gasteiger charge is -2.34. The summed E-state index contributed by atoms with van der Waals surface area (Å²) in [5.74, 6) is -0.941. The van der Waals surface area contributed by atoms with Gasteiger partial charge < -0.3 is 21.1 Å². The van der Waals surface area contributed by atoms with Gasteiger partial charge >= 0.3 is 12.0 Å². The second-order valence-corrected chi connectivity index (χ2v) is 5.59. The smallest absolute Gasteiger partial charge is 0.329 e. The third-order valence-electron chi connectivity index (χ3n) is 2.92. The summed E-state index contributed by atoms with van der Waals surface area (Å²) < 4.78 is 0. The third kappa shape index (κ3) is 4.98. The lowest BCUT2D eigenvalue weighted by atomic mass is 10.0. The van der Waals surface area contributed by atoms with Crippen molar-refractivity contribution in [2.45, 2.75) is 31.8 Å². The largest absolute Gasteiger partial charge is 0.480 e. The van der Waals surface area contributed by atoms with Crippen LogP contribution in [0.25, 0.3) is 0 Å². The van der Waals surface area contributed by atoms with Crippen molar-refractivity contribution in [2.75, 3.05) is 19.1 Å². The van der Waals surface area contributed by atoms with E-state index in [2.05, 4.69) is 5.32 Å². The van der Waals surface area contributed by atoms with Crippen LogP contribution in [0.15, 0.2) is 0 Å². The van der Waals surface area contributed by atoms with Crippen molar-refractivity contribution in [2.24, 2.45) is 5.73 Å². The van der Waals surface area contributed by atoms with Crippen molar-refractivity contribution in [3.8, 4) is 0 Å². The third-order valence-corrected chi connectivity index (χ3v) is 3.56. The number of likely N-dealkylation sites (N-methyl/N-ethyl adjacent to an activating group) is 1. The second-order valence-electron chi connectivity index (χ2n) is 4.60. The molecule has 0 bridgehead atoms. The number of carbonyl (C=O) groups excluding carboxylic acids is 2. The molecule has 0 aliphatic heterocycles. The van der Waals surface area contributed by atoms with Crippen LogP contribution >= 0.6 is 11.8 Å². The van der Waals surface area contributed by atoms with Crippen LogP contribution in [0.4, 0.5) is 4.79 Å². The van der Waals surface area contributed by atoms with Crippen LogP contribution in [0.3, 0.4) is 0 Å². The molecule has 0 radical (unpaired) electrons. The van der Waals surface area contributed by atoms with Gasteiger partial charge in [-0.15, -0.1) is 0 Å². The number of rotatable bonds is 7. The molecule has 3 amide bonds. The molecule has 0 aromatic carbocycles. The number of hydrogen-bond acceptors (Lipinski definition) is 4. The van der Waals surface area contributed by atoms with Crippen molar-refractivity contribution in [1.29, 1.82) is 0 Å². The van der Waals surface area contributed by atoms with Crippen LogP contribution < -0.4 is 11.1 Å². The summed E-state index contributed by atoms with van der Waals surface area (Å²) >= 11 is 1.52. The zero-order chi connectivity index (χ0) is 15.2. The van der Waals surface area contributed by atoms with Gasteiger partial charge in [-0.05, 0) is 32.3 Å². The zero-order valence-corrected chi connectivity index (χ0v) is 12.4. The normalized spacial score (nSPS) is 12.6. The summed E-state index contributed by atoms with van der Waals surface area (Å²) in [6, 6.07) is -1.62. The average molecular weight is 291 g/mol. The van der Waals surface area contributed by atoms with Crippen molar-refractivity contribution in [1.82, 2.24) is 10.2 Å². The van der Waals surface area contributed by atoms with E-state index in [4.69, 9.17) is 10.8 Å². The number of thioether (sulfide) groups is 1. The maximum atomic E-state index is 12.2. The van der Waals surface area contributed by atoms with Crippen LogP contribution in [-0.2, 0) is 9.59 Å². The summed E-state index contributed by atoms with van der Waals surface area (Å²) in [6.45, 7) is 2.84. The molecule has 1 unspecified atom stereocenters. The highest BCUT2D eigenvalue weighted by Crippen LogP contribution is 2.15. The first-order chi connectivity index (χ1) is 8.64. The topological polar surface area (TPSA) is 113 Å². The Hall–Kier alpha value is -1.44. The van der Waals surface area contributed by atoms with E-state index in [-0.39, 0.29) is 0 Å². The van der Waals surface area contributed by atoms with E-state index in [1.54, 1.807) is 0 Å². The Morgan fingerprint density at radius 1 is 1.42 bits per heavy atom. The summed E-state index contributed by atoms with van der Waals surface area (Å²) in [5.41, 5.74) is 3.67. The predicted octanol–water partition coefficient (Wildman–Crippen LogP) is 0.0980. The molecule has 0 heterocycles. The monoisotopic (exact) mass is 291 g/mol. The number of primary amides is 1. The molecule has 0 rings (SSSR count). The quantitative estimate of drug-likeness (QED) is 0.615. The molecule has 19 heavy (non-hydrogen) atoms. The van der Waals surface area contributed by atoms with Gasteiger partial charge in [0.2, 0.25) is 5.91 Å². The second kappa shape index (κ2) is 7.22. The number of aliphatic carboxylic acids is 1. The number of hydrogen-bond donors (Lipinski definition) is 3. The number of amides is 3. The van der Waals surface area contributed by atoms with Gasteiger partial charge in [-0.3, -0.25) is 4.79 Å². The van der Waals surface area contributed by atoms with Crippen molar-refractivity contribution >= 4 is 29.7 Å². The number of nitrogens with two attached hydrogens (primary N) is 1. The molecule has 4 N–H and O–H groups in total. The molecule has 8 heteroatoms. The van der Waals surface area contributed by atoms with Gasteiger partial charge in [-0.1, -0.05) is 0 Å². The van der Waals surface area contributed by atoms with E-state index in [9.17, 15) is 14.4 Å². The number of urea groups is 1. The molecule has 0 saturated carbocycles. The van der Waals surface area contributed by atoms with E-state index < -0.39 is 29.5 Å². The molecule has 0 aromatic heterocycles. The minimum absolute atomic E-state index is 0.392. The first-order valence-corrected chi connectivity index (χ1v) is 7.10. The Bertz CT molecular complexity index is 360. The van der Waals surface area contributed by atoms with Gasteiger partial charge in [-0.25, -0.2) is 9.59 Å². The maximum Gasteiger partial charge on any atom is 0.329 e. The highest BCUT2D eigenvalue weighted by Gasteiger charge is 2.37. The Labute approximate surface area is 116 Å². The molecule has 0 aromatic rings. The van der Waals surface area contributed by atoms with Crippen LogP contribution in [0.5, 0.6) is 0 Å². The van der Waals surface area contributed by atoms with Gasteiger partial charge in [0.05, 0.1) is 0 Å². The molecule has 0 saturated heterocycles. The molecule has 0 fully saturated rings. The fraction of sp³-hybridized carbons (Fsp3) is 0.727. The molecule has 7 nitrogen and oxygen atoms in total. The molecule has 110 valence electrons. The Kier molecular flexibility index (Phi) is 6.68. The fourth-order valence-corrected chi connectivity index (χ4v) is 1.79. The van der Waals surface area contributed by atoms with Crippen molar-refractivity contribution in [3.63, 3.8) is 0 Å². The van der Waals surface area contributed by atoms with E-state index in [0.717, 1.165) is 4.90 Å². The first-order valence-electron chi connectivity index (χ1n) is 5.70. The zero-order valence-electron chi connectivity index (χ0n) is 11.6. The molecule has 1 atom stereocenters. The van der Waals surface area contributed by atoms with E-state index in [1.165, 1.54) is 32.7 Å². The maximum absolute atomic E-state index is 12.2. The van der Waals surface area contributed by atoms with Crippen LogP contribution in [0.1, 0.15) is 20.3 Å². The van der Waals surface area contributed by atoms with Crippen LogP contribution in [0, 0.1) is 0 Å². The van der Waals surface area contributed by atoms with Crippen molar-refractivity contribution < 1.29 is 19.5 Å². The number of nitrogens with zero attached hydrogens (tertiary/aromatic N) is 1. The first kappa shape index (κ1) is 17.6. The van der Waals surface area contributed by atoms with Gasteiger partial charge in [0, 0.05) is 7.05 Å². The fourth-order valence-electron chi connectivity index (χ4n) is 1.32. The molecule has 0 aliphatic carbocycles. The Balaban J connectivity index is 4.96. The number of carboxylic acid groups (broad SMARTS) is 1. The molecular formula is C11H21N3O4S. The standard InChI is InChI=1S/C11H21N3O4S/c1-11(2,9(16)17)14(3)8(15)7(5-6-19-4)13-10(12)18/h7H,5-6H2,1-4H3,(H,16,17)(H3,12,13,18). The molecular weight excluding hydrogens is 270 g/mol. The highest BCUT2D eigenvalue weighted by molar-refractivity contribution is 7.98. The highest BCUT2D eigenvalue weighted by atomic mass is 32.2. The number of carbonyl (C=O) groups is 3. The molecule has 0 spiro atoms.